The molecule has 3 rings (SSSR count). The van der Waals surface area contributed by atoms with Gasteiger partial charge in [-0.3, -0.25) is 5.43 Å². The second-order valence-electron chi connectivity index (χ2n) is 5.60. The highest BCUT2D eigenvalue weighted by Crippen LogP contribution is 2.12. The maximum absolute atomic E-state index is 11.2. The average Bonchev–Trinajstić information content (AvgIpc) is 2.67. The quantitative estimate of drug-likeness (QED) is 0.505. The van der Waals surface area contributed by atoms with Crippen molar-refractivity contribution in [2.75, 3.05) is 12.0 Å². The van der Waals surface area contributed by atoms with Crippen molar-refractivity contribution in [2.24, 2.45) is 5.10 Å². The molecule has 0 saturated carbocycles. The first-order valence-electron chi connectivity index (χ1n) is 8.20. The maximum atomic E-state index is 11.2. The van der Waals surface area contributed by atoms with Gasteiger partial charge in [-0.2, -0.15) is 15.2 Å². The molecular weight excluding hydrogens is 330 g/mol. The molecule has 0 radical (unpaired) electrons. The topological polar surface area (TPSA) is 92.3 Å². The summed E-state index contributed by atoms with van der Waals surface area (Å²) in [5.74, 6) is 1.13. The van der Waals surface area contributed by atoms with Gasteiger partial charge in [0.2, 0.25) is 0 Å². The fourth-order valence-corrected chi connectivity index (χ4v) is 2.25. The molecule has 7 heteroatoms. The molecule has 0 aliphatic carbocycles. The molecule has 0 aliphatic rings. The van der Waals surface area contributed by atoms with Gasteiger partial charge in [-0.25, -0.2) is 9.89 Å². The Labute approximate surface area is 150 Å². The summed E-state index contributed by atoms with van der Waals surface area (Å²) >= 11 is 0. The first kappa shape index (κ1) is 17.3. The molecule has 132 valence electrons. The van der Waals surface area contributed by atoms with Crippen LogP contribution in [0.1, 0.15) is 16.8 Å². The third-order valence-corrected chi connectivity index (χ3v) is 3.64. The SMILES string of the molecule is Cc1n[nH]c(=O)nc1NN=Cc1ccc(OCCc2ccccc2)cc1. The van der Waals surface area contributed by atoms with E-state index in [2.05, 4.69) is 37.8 Å². The van der Waals surface area contributed by atoms with Crippen LogP contribution in [0.15, 0.2) is 64.5 Å². The minimum Gasteiger partial charge on any atom is -0.493 e. The zero-order valence-corrected chi connectivity index (χ0v) is 14.3. The van der Waals surface area contributed by atoms with Crippen LogP contribution < -0.4 is 15.9 Å². The summed E-state index contributed by atoms with van der Waals surface area (Å²) in [6, 6.07) is 17.8. The minimum atomic E-state index is -0.523. The van der Waals surface area contributed by atoms with Gasteiger partial charge in [0.05, 0.1) is 12.8 Å². The van der Waals surface area contributed by atoms with Gasteiger partial charge in [0.25, 0.3) is 0 Å². The molecule has 0 spiro atoms. The van der Waals surface area contributed by atoms with Gasteiger partial charge in [0.15, 0.2) is 5.82 Å². The number of hydrazone groups is 1. The van der Waals surface area contributed by atoms with Crippen LogP contribution in [0.4, 0.5) is 5.82 Å². The summed E-state index contributed by atoms with van der Waals surface area (Å²) in [7, 11) is 0. The third kappa shape index (κ3) is 5.01. The van der Waals surface area contributed by atoms with E-state index in [9.17, 15) is 4.79 Å². The highest BCUT2D eigenvalue weighted by molar-refractivity contribution is 5.80. The lowest BCUT2D eigenvalue weighted by Crippen LogP contribution is -2.15. The summed E-state index contributed by atoms with van der Waals surface area (Å²) in [6.07, 6.45) is 2.50. The molecule has 0 saturated heterocycles. The van der Waals surface area contributed by atoms with Crippen molar-refractivity contribution in [1.82, 2.24) is 15.2 Å². The number of aryl methyl sites for hydroxylation is 1. The van der Waals surface area contributed by atoms with Crippen molar-refractivity contribution in [3.63, 3.8) is 0 Å². The average molecular weight is 349 g/mol. The van der Waals surface area contributed by atoms with Crippen LogP contribution in [0, 0.1) is 6.92 Å². The van der Waals surface area contributed by atoms with Gasteiger partial charge in [-0.15, -0.1) is 0 Å². The standard InChI is InChI=1S/C19H19N5O2/c1-14-18(21-19(25)24-22-14)23-20-13-16-7-9-17(10-8-16)26-12-11-15-5-3-2-4-6-15/h2-10,13H,11-12H2,1H3,(H2,21,23,24,25). The summed E-state index contributed by atoms with van der Waals surface area (Å²) in [6.45, 7) is 2.35. The van der Waals surface area contributed by atoms with E-state index in [1.807, 2.05) is 42.5 Å². The van der Waals surface area contributed by atoms with Gasteiger partial charge < -0.3 is 4.74 Å². The number of aromatic amines is 1. The fourth-order valence-electron chi connectivity index (χ4n) is 2.25. The highest BCUT2D eigenvalue weighted by Gasteiger charge is 2.00. The van der Waals surface area contributed by atoms with Crippen molar-refractivity contribution >= 4 is 12.0 Å². The first-order chi connectivity index (χ1) is 12.7. The predicted molar refractivity (Wildman–Crippen MR) is 101 cm³/mol. The Morgan fingerprint density at radius 1 is 1.15 bits per heavy atom. The molecule has 0 fully saturated rings. The zero-order valence-electron chi connectivity index (χ0n) is 14.3. The molecule has 1 heterocycles. The Kier molecular flexibility index (Phi) is 5.72. The molecular formula is C19H19N5O2. The van der Waals surface area contributed by atoms with E-state index >= 15 is 0 Å². The Morgan fingerprint density at radius 3 is 2.69 bits per heavy atom. The second-order valence-corrected chi connectivity index (χ2v) is 5.60. The number of aromatic nitrogens is 3. The molecule has 2 aromatic carbocycles. The lowest BCUT2D eigenvalue weighted by Gasteiger charge is -2.06. The lowest BCUT2D eigenvalue weighted by atomic mass is 10.2. The smallest absolute Gasteiger partial charge is 0.363 e. The molecule has 26 heavy (non-hydrogen) atoms. The van der Waals surface area contributed by atoms with E-state index in [1.54, 1.807) is 13.1 Å². The van der Waals surface area contributed by atoms with Crippen LogP contribution in [0.3, 0.4) is 0 Å². The number of hydrogen-bond donors (Lipinski definition) is 2. The van der Waals surface area contributed by atoms with E-state index in [1.165, 1.54) is 5.56 Å². The van der Waals surface area contributed by atoms with Gasteiger partial charge in [-0.05, 0) is 42.3 Å². The van der Waals surface area contributed by atoms with Crippen LogP contribution in [-0.4, -0.2) is 28.0 Å². The molecule has 0 atom stereocenters. The van der Waals surface area contributed by atoms with Crippen molar-refractivity contribution in [2.45, 2.75) is 13.3 Å². The van der Waals surface area contributed by atoms with Crippen LogP contribution in [0.2, 0.25) is 0 Å². The molecule has 0 aliphatic heterocycles. The largest absolute Gasteiger partial charge is 0.493 e. The van der Waals surface area contributed by atoms with Crippen molar-refractivity contribution in [1.29, 1.82) is 0 Å². The Balaban J connectivity index is 1.51. The predicted octanol–water partition coefficient (Wildman–Crippen LogP) is 2.54. The monoisotopic (exact) mass is 349 g/mol. The number of rotatable bonds is 7. The molecule has 3 aromatic rings. The first-order valence-corrected chi connectivity index (χ1v) is 8.20. The van der Waals surface area contributed by atoms with Crippen LogP contribution in [0.25, 0.3) is 0 Å². The zero-order chi connectivity index (χ0) is 18.2. The van der Waals surface area contributed by atoms with E-state index in [4.69, 9.17) is 4.74 Å². The number of anilines is 1. The molecule has 0 amide bonds. The number of benzene rings is 2. The van der Waals surface area contributed by atoms with Crippen LogP contribution in [-0.2, 0) is 6.42 Å². The summed E-state index contributed by atoms with van der Waals surface area (Å²) in [5.41, 5.74) is 4.89. The second kappa shape index (κ2) is 8.57. The molecule has 1 aromatic heterocycles. The van der Waals surface area contributed by atoms with E-state index < -0.39 is 5.69 Å². The maximum Gasteiger partial charge on any atom is 0.363 e. The summed E-state index contributed by atoms with van der Waals surface area (Å²) in [5, 5.41) is 10.1. The fraction of sp³-hybridized carbons (Fsp3) is 0.158. The molecule has 7 nitrogen and oxygen atoms in total. The lowest BCUT2D eigenvalue weighted by molar-refractivity contribution is 0.322. The summed E-state index contributed by atoms with van der Waals surface area (Å²) in [4.78, 5) is 14.9. The molecule has 0 bridgehead atoms. The summed E-state index contributed by atoms with van der Waals surface area (Å²) < 4.78 is 5.75. The number of ether oxygens (including phenoxy) is 1. The highest BCUT2D eigenvalue weighted by atomic mass is 16.5. The Morgan fingerprint density at radius 2 is 1.92 bits per heavy atom. The van der Waals surface area contributed by atoms with Gasteiger partial charge >= 0.3 is 5.69 Å². The van der Waals surface area contributed by atoms with E-state index in [0.29, 0.717) is 18.1 Å². The third-order valence-electron chi connectivity index (χ3n) is 3.64. The van der Waals surface area contributed by atoms with E-state index in [0.717, 1.165) is 17.7 Å². The van der Waals surface area contributed by atoms with Gasteiger partial charge in [0, 0.05) is 6.42 Å². The Bertz CT molecular complexity index is 921. The normalized spacial score (nSPS) is 10.8. The number of nitrogens with zero attached hydrogens (tertiary/aromatic N) is 3. The number of H-pyrrole nitrogens is 1. The van der Waals surface area contributed by atoms with Crippen LogP contribution in [0.5, 0.6) is 5.75 Å². The number of hydrogen-bond acceptors (Lipinski definition) is 6. The molecule has 0 unspecified atom stereocenters. The van der Waals surface area contributed by atoms with Gasteiger partial charge in [0.1, 0.15) is 11.4 Å². The van der Waals surface area contributed by atoms with Gasteiger partial charge in [-0.1, -0.05) is 30.3 Å². The molecule has 2 N–H and O–H groups in total. The van der Waals surface area contributed by atoms with Crippen LogP contribution >= 0.6 is 0 Å². The Hall–Kier alpha value is -3.48. The van der Waals surface area contributed by atoms with Crippen molar-refractivity contribution in [3.8, 4) is 5.75 Å². The van der Waals surface area contributed by atoms with Crippen molar-refractivity contribution in [3.05, 3.63) is 81.9 Å². The van der Waals surface area contributed by atoms with Crippen molar-refractivity contribution < 1.29 is 4.74 Å². The number of nitrogens with one attached hydrogen (secondary N) is 2. The van der Waals surface area contributed by atoms with E-state index in [-0.39, 0.29) is 0 Å². The minimum absolute atomic E-state index is 0.325.